The summed E-state index contributed by atoms with van der Waals surface area (Å²) in [7, 11) is -4.03. The summed E-state index contributed by atoms with van der Waals surface area (Å²) < 4.78 is 37.9. The van der Waals surface area contributed by atoms with E-state index in [1.54, 1.807) is 12.1 Å². The summed E-state index contributed by atoms with van der Waals surface area (Å²) in [4.78, 5) is 15.2. The summed E-state index contributed by atoms with van der Waals surface area (Å²) in [6.07, 6.45) is 7.49. The minimum absolute atomic E-state index is 0.182. The molecule has 0 spiro atoms. The van der Waals surface area contributed by atoms with Crippen molar-refractivity contribution in [3.63, 3.8) is 0 Å². The highest BCUT2D eigenvalue weighted by Gasteiger charge is 2.29. The van der Waals surface area contributed by atoms with E-state index in [1.165, 1.54) is 24.8 Å². The van der Waals surface area contributed by atoms with Crippen LogP contribution in [-0.2, 0) is 16.5 Å². The molecule has 0 saturated carbocycles. The van der Waals surface area contributed by atoms with Gasteiger partial charge < -0.3 is 9.73 Å². The molecule has 184 valence electrons. The number of piperidine rings is 1. The zero-order chi connectivity index (χ0) is 24.4. The number of hydrogen-bond donors (Lipinski definition) is 2. The van der Waals surface area contributed by atoms with Crippen molar-refractivity contribution in [3.05, 3.63) is 71.5 Å². The normalized spacial score (nSPS) is 18.8. The molecule has 8 heteroatoms. The largest absolute Gasteiger partial charge is 0.460 e. The van der Waals surface area contributed by atoms with Crippen molar-refractivity contribution >= 4 is 38.3 Å². The molecule has 0 radical (unpaired) electrons. The highest BCUT2D eigenvalue weighted by atomic mass is 32.2. The van der Waals surface area contributed by atoms with Crippen molar-refractivity contribution < 1.29 is 22.2 Å². The number of amides is 1. The molecular formula is C27H30N2O5S. The number of nitrogens with one attached hydrogen (secondary N) is 1. The fraction of sp³-hybridized carbons (Fsp3) is 0.370. The minimum Gasteiger partial charge on any atom is -0.460 e. The van der Waals surface area contributed by atoms with Crippen molar-refractivity contribution in [1.29, 1.82) is 0 Å². The Kier molecular flexibility index (Phi) is 6.77. The molecule has 3 heterocycles. The molecule has 2 aliphatic rings. The topological polar surface area (TPSA) is 99.8 Å². The van der Waals surface area contributed by atoms with Crippen molar-refractivity contribution in [3.8, 4) is 0 Å². The van der Waals surface area contributed by atoms with Crippen LogP contribution in [0, 0.1) is 0 Å². The van der Waals surface area contributed by atoms with Crippen LogP contribution in [0.3, 0.4) is 0 Å². The second-order valence-corrected chi connectivity index (χ2v) is 11.0. The molecule has 1 unspecified atom stereocenters. The number of anilines is 1. The number of hydrogen-bond acceptors (Lipinski definition) is 5. The Bertz CT molecular complexity index is 1360. The molecule has 0 aliphatic carbocycles. The van der Waals surface area contributed by atoms with Crippen LogP contribution in [-0.4, -0.2) is 48.7 Å². The van der Waals surface area contributed by atoms with Crippen LogP contribution in [0.4, 0.5) is 5.69 Å². The summed E-state index contributed by atoms with van der Waals surface area (Å²) in [6.45, 7) is 2.01. The van der Waals surface area contributed by atoms with Gasteiger partial charge in [-0.05, 0) is 68.1 Å². The smallest absolute Gasteiger partial charge is 0.264 e. The van der Waals surface area contributed by atoms with Crippen molar-refractivity contribution in [2.75, 3.05) is 24.2 Å². The molecule has 5 rings (SSSR count). The van der Waals surface area contributed by atoms with Crippen molar-refractivity contribution in [2.24, 2.45) is 0 Å². The predicted octanol–water partition coefficient (Wildman–Crippen LogP) is 5.15. The monoisotopic (exact) mass is 494 g/mol. The summed E-state index contributed by atoms with van der Waals surface area (Å²) in [5, 5.41) is 3.89. The first-order valence-electron chi connectivity index (χ1n) is 12.2. The Morgan fingerprint density at radius 1 is 1.14 bits per heavy atom. The van der Waals surface area contributed by atoms with Crippen molar-refractivity contribution in [2.45, 2.75) is 44.6 Å². The van der Waals surface area contributed by atoms with Gasteiger partial charge in [0.2, 0.25) is 0 Å². The van der Waals surface area contributed by atoms with E-state index in [9.17, 15) is 17.8 Å². The Balaban J connectivity index is 1.49. The maximum Gasteiger partial charge on any atom is 0.264 e. The van der Waals surface area contributed by atoms with E-state index < -0.39 is 10.1 Å². The first-order valence-corrected chi connectivity index (χ1v) is 13.8. The maximum atomic E-state index is 12.7. The zero-order valence-electron chi connectivity index (χ0n) is 19.6. The van der Waals surface area contributed by atoms with Crippen LogP contribution in [0.5, 0.6) is 0 Å². The van der Waals surface area contributed by atoms with Gasteiger partial charge >= 0.3 is 0 Å². The Morgan fingerprint density at radius 3 is 2.77 bits per heavy atom. The van der Waals surface area contributed by atoms with E-state index in [2.05, 4.69) is 16.3 Å². The summed E-state index contributed by atoms with van der Waals surface area (Å²) in [6, 6.07) is 15.2. The Hall–Kier alpha value is -2.94. The molecule has 3 aromatic rings. The Morgan fingerprint density at radius 2 is 1.97 bits per heavy atom. The highest BCUT2D eigenvalue weighted by Crippen LogP contribution is 2.39. The van der Waals surface area contributed by atoms with Crippen LogP contribution >= 0.6 is 0 Å². The molecule has 1 amide bonds. The molecule has 7 nitrogen and oxygen atoms in total. The SMILES string of the molecule is O=C(Nc1ccc2oc(CCCS(=O)(=O)O)c(C3=CCN4CCCCC4C3)c2c1)c1ccccc1. The maximum absolute atomic E-state index is 12.7. The van der Waals surface area contributed by atoms with E-state index in [4.69, 9.17) is 4.42 Å². The first kappa shape index (κ1) is 23.8. The van der Waals surface area contributed by atoms with E-state index >= 15 is 0 Å². The lowest BCUT2D eigenvalue weighted by atomic mass is 9.87. The van der Waals surface area contributed by atoms with E-state index in [0.717, 1.165) is 36.2 Å². The molecule has 1 atom stereocenters. The lowest BCUT2D eigenvalue weighted by Crippen LogP contribution is -2.41. The van der Waals surface area contributed by atoms with Gasteiger partial charge in [0.05, 0.1) is 5.75 Å². The van der Waals surface area contributed by atoms with Gasteiger partial charge in [0, 0.05) is 41.2 Å². The lowest BCUT2D eigenvalue weighted by Gasteiger charge is -2.38. The summed E-state index contributed by atoms with van der Waals surface area (Å²) >= 11 is 0. The van der Waals surface area contributed by atoms with Gasteiger partial charge in [-0.15, -0.1) is 0 Å². The highest BCUT2D eigenvalue weighted by molar-refractivity contribution is 7.85. The third-order valence-electron chi connectivity index (χ3n) is 6.96. The molecule has 2 N–H and O–H groups in total. The number of rotatable bonds is 7. The molecular weight excluding hydrogens is 464 g/mol. The standard InChI is InChI=1S/C27H30N2O5S/c30-27(19-7-2-1-3-8-19)28-21-11-12-24-23(18-21)26(25(34-24)10-6-16-35(31,32)33)20-13-15-29-14-5-4-9-22(29)17-20/h1-3,7-8,11-13,18,22H,4-6,9-10,14-17H2,(H,28,30)(H,31,32,33). The molecule has 0 bridgehead atoms. The van der Waals surface area contributed by atoms with Gasteiger partial charge in [0.25, 0.3) is 16.0 Å². The third kappa shape index (κ3) is 5.50. The number of carbonyl (C=O) groups excluding carboxylic acids is 1. The van der Waals surface area contributed by atoms with Crippen LogP contribution in [0.2, 0.25) is 0 Å². The number of carbonyl (C=O) groups is 1. The van der Waals surface area contributed by atoms with E-state index in [0.29, 0.717) is 29.3 Å². The van der Waals surface area contributed by atoms with Gasteiger partial charge in [-0.2, -0.15) is 8.42 Å². The fourth-order valence-corrected chi connectivity index (χ4v) is 5.77. The quantitative estimate of drug-likeness (QED) is 0.441. The van der Waals surface area contributed by atoms with E-state index in [1.807, 2.05) is 36.4 Å². The summed E-state index contributed by atoms with van der Waals surface area (Å²) in [5.74, 6) is 0.237. The van der Waals surface area contributed by atoms with Crippen LogP contribution in [0.15, 0.2) is 59.0 Å². The fourth-order valence-electron chi connectivity index (χ4n) is 5.26. The molecule has 1 fully saturated rings. The van der Waals surface area contributed by atoms with Gasteiger partial charge in [0.15, 0.2) is 0 Å². The molecule has 2 aromatic carbocycles. The second kappa shape index (κ2) is 9.97. The van der Waals surface area contributed by atoms with Gasteiger partial charge in [-0.3, -0.25) is 14.2 Å². The second-order valence-electron chi connectivity index (χ2n) is 9.40. The lowest BCUT2D eigenvalue weighted by molar-refractivity contribution is 0.102. The average Bonchev–Trinajstić information content (AvgIpc) is 3.21. The summed E-state index contributed by atoms with van der Waals surface area (Å²) in [5.41, 5.74) is 4.16. The number of furan rings is 1. The average molecular weight is 495 g/mol. The third-order valence-corrected chi connectivity index (χ3v) is 7.76. The van der Waals surface area contributed by atoms with E-state index in [-0.39, 0.29) is 18.1 Å². The predicted molar refractivity (Wildman–Crippen MR) is 137 cm³/mol. The minimum atomic E-state index is -4.03. The van der Waals surface area contributed by atoms with Crippen LogP contribution < -0.4 is 5.32 Å². The van der Waals surface area contributed by atoms with Crippen LogP contribution in [0.25, 0.3) is 16.5 Å². The first-order chi connectivity index (χ1) is 16.9. The number of aryl methyl sites for hydroxylation is 1. The molecule has 2 aliphatic heterocycles. The zero-order valence-corrected chi connectivity index (χ0v) is 20.4. The molecule has 1 aromatic heterocycles. The molecule has 1 saturated heterocycles. The van der Waals surface area contributed by atoms with Crippen molar-refractivity contribution in [1.82, 2.24) is 4.90 Å². The van der Waals surface area contributed by atoms with Gasteiger partial charge in [-0.25, -0.2) is 0 Å². The number of nitrogens with zero attached hydrogens (tertiary/aromatic N) is 1. The molecule has 35 heavy (non-hydrogen) atoms. The van der Waals surface area contributed by atoms with Gasteiger partial charge in [0.1, 0.15) is 11.3 Å². The van der Waals surface area contributed by atoms with Gasteiger partial charge in [-0.1, -0.05) is 30.7 Å². The number of benzene rings is 2. The van der Waals surface area contributed by atoms with Crippen LogP contribution in [0.1, 0.15) is 53.8 Å². The Labute approximate surface area is 205 Å². The number of fused-ring (bicyclic) bond motifs is 2.